The van der Waals surface area contributed by atoms with Crippen molar-refractivity contribution in [1.82, 2.24) is 0 Å². The zero-order valence-electron chi connectivity index (χ0n) is 15.1. The van der Waals surface area contributed by atoms with E-state index in [0.717, 1.165) is 30.8 Å². The van der Waals surface area contributed by atoms with E-state index in [1.807, 2.05) is 18.2 Å². The number of fused-ring (bicyclic) bond motifs is 1. The zero-order chi connectivity index (χ0) is 17.6. The van der Waals surface area contributed by atoms with Gasteiger partial charge in [-0.2, -0.15) is 0 Å². The van der Waals surface area contributed by atoms with Crippen LogP contribution in [0.25, 0.3) is 0 Å². The third-order valence-electron chi connectivity index (χ3n) is 5.10. The quantitative estimate of drug-likeness (QED) is 0.655. The molecule has 4 rings (SSSR count). The van der Waals surface area contributed by atoms with Gasteiger partial charge in [0, 0.05) is 12.1 Å². The molecular weight excluding hydrogens is 318 g/mol. The van der Waals surface area contributed by atoms with Crippen molar-refractivity contribution in [3.8, 4) is 5.75 Å². The molecule has 0 aromatic heterocycles. The monoisotopic (exact) mass is 343 g/mol. The largest absolute Gasteiger partial charge is 0.489 e. The molecule has 2 nitrogen and oxygen atoms in total. The van der Waals surface area contributed by atoms with Crippen LogP contribution in [0.3, 0.4) is 0 Å². The molecule has 0 saturated carbocycles. The maximum Gasteiger partial charge on any atom is 0.120 e. The van der Waals surface area contributed by atoms with E-state index < -0.39 is 0 Å². The van der Waals surface area contributed by atoms with Crippen molar-refractivity contribution < 1.29 is 4.74 Å². The average molecular weight is 343 g/mol. The molecule has 2 heteroatoms. The molecule has 26 heavy (non-hydrogen) atoms. The minimum absolute atomic E-state index is 0.607. The van der Waals surface area contributed by atoms with E-state index in [1.54, 1.807) is 0 Å². The van der Waals surface area contributed by atoms with Crippen LogP contribution in [0.15, 0.2) is 77.8 Å². The molecule has 2 aromatic carbocycles. The number of hydrogen-bond acceptors (Lipinski definition) is 2. The SMILES string of the molecule is C1=CCC(C=CC2=NCCc3cc(OCc4ccccc4)ccc32)CC1. The third-order valence-corrected chi connectivity index (χ3v) is 5.10. The van der Waals surface area contributed by atoms with Gasteiger partial charge >= 0.3 is 0 Å². The summed E-state index contributed by atoms with van der Waals surface area (Å²) in [7, 11) is 0. The van der Waals surface area contributed by atoms with Crippen molar-refractivity contribution >= 4 is 5.71 Å². The number of hydrogen-bond donors (Lipinski definition) is 0. The second kappa shape index (κ2) is 8.18. The van der Waals surface area contributed by atoms with Gasteiger partial charge in [0.2, 0.25) is 0 Å². The molecule has 0 radical (unpaired) electrons. The lowest BCUT2D eigenvalue weighted by Crippen LogP contribution is -2.12. The number of nitrogens with zero attached hydrogens (tertiary/aromatic N) is 1. The third kappa shape index (κ3) is 4.13. The fourth-order valence-electron chi connectivity index (χ4n) is 3.60. The highest BCUT2D eigenvalue weighted by Crippen LogP contribution is 2.25. The Labute approximate surface area is 155 Å². The van der Waals surface area contributed by atoms with Gasteiger partial charge in [-0.1, -0.05) is 48.6 Å². The number of allylic oxidation sites excluding steroid dienone is 4. The van der Waals surface area contributed by atoms with Crippen LogP contribution in [-0.4, -0.2) is 12.3 Å². The molecule has 0 amide bonds. The van der Waals surface area contributed by atoms with Crippen LogP contribution in [0.5, 0.6) is 5.75 Å². The molecule has 1 unspecified atom stereocenters. The molecule has 132 valence electrons. The van der Waals surface area contributed by atoms with Crippen LogP contribution in [0, 0.1) is 5.92 Å². The Morgan fingerprint density at radius 3 is 2.85 bits per heavy atom. The first-order valence-corrected chi connectivity index (χ1v) is 9.56. The molecule has 0 saturated heterocycles. The first-order valence-electron chi connectivity index (χ1n) is 9.56. The zero-order valence-corrected chi connectivity index (χ0v) is 15.1. The molecule has 2 aliphatic rings. The molecule has 1 aliphatic carbocycles. The van der Waals surface area contributed by atoms with Crippen LogP contribution in [0.2, 0.25) is 0 Å². The first-order chi connectivity index (χ1) is 12.9. The second-order valence-corrected chi connectivity index (χ2v) is 7.01. The van der Waals surface area contributed by atoms with Crippen molar-refractivity contribution in [2.45, 2.75) is 32.3 Å². The smallest absolute Gasteiger partial charge is 0.120 e. The lowest BCUT2D eigenvalue weighted by molar-refractivity contribution is 0.306. The van der Waals surface area contributed by atoms with Crippen LogP contribution >= 0.6 is 0 Å². The van der Waals surface area contributed by atoms with Crippen molar-refractivity contribution in [1.29, 1.82) is 0 Å². The predicted octanol–water partition coefficient (Wildman–Crippen LogP) is 5.52. The summed E-state index contributed by atoms with van der Waals surface area (Å²) in [5.74, 6) is 1.59. The molecule has 0 bridgehead atoms. The van der Waals surface area contributed by atoms with Crippen molar-refractivity contribution in [3.05, 3.63) is 89.5 Å². The minimum Gasteiger partial charge on any atom is -0.489 e. The normalized spacial score (nSPS) is 19.2. The summed E-state index contributed by atoms with van der Waals surface area (Å²) in [4.78, 5) is 4.75. The molecular formula is C24H25NO. The average Bonchev–Trinajstić information content (AvgIpc) is 2.72. The Bertz CT molecular complexity index is 833. The summed E-state index contributed by atoms with van der Waals surface area (Å²) in [6.07, 6.45) is 13.7. The Hall–Kier alpha value is -2.61. The van der Waals surface area contributed by atoms with E-state index in [9.17, 15) is 0 Å². The Balaban J connectivity index is 1.45. The second-order valence-electron chi connectivity index (χ2n) is 7.01. The van der Waals surface area contributed by atoms with E-state index in [4.69, 9.17) is 9.73 Å². The number of aliphatic imine (C=N–C) groups is 1. The summed E-state index contributed by atoms with van der Waals surface area (Å²) >= 11 is 0. The van der Waals surface area contributed by atoms with E-state index in [2.05, 4.69) is 54.6 Å². The maximum absolute atomic E-state index is 5.98. The topological polar surface area (TPSA) is 21.6 Å². The van der Waals surface area contributed by atoms with Gasteiger partial charge in [0.15, 0.2) is 0 Å². The molecule has 0 spiro atoms. The molecule has 2 aromatic rings. The van der Waals surface area contributed by atoms with Gasteiger partial charge in [-0.05, 0) is 67.0 Å². The van der Waals surface area contributed by atoms with Crippen molar-refractivity contribution in [2.75, 3.05) is 6.54 Å². The maximum atomic E-state index is 5.98. The number of rotatable bonds is 5. The van der Waals surface area contributed by atoms with Gasteiger partial charge in [-0.25, -0.2) is 0 Å². The lowest BCUT2D eigenvalue weighted by atomic mass is 9.92. The molecule has 0 fully saturated rings. The van der Waals surface area contributed by atoms with Crippen LogP contribution in [0.1, 0.15) is 36.0 Å². The molecule has 1 heterocycles. The fraction of sp³-hybridized carbons (Fsp3) is 0.292. The summed E-state index contributed by atoms with van der Waals surface area (Å²) in [6.45, 7) is 1.47. The van der Waals surface area contributed by atoms with Crippen LogP contribution in [0.4, 0.5) is 0 Å². The highest BCUT2D eigenvalue weighted by molar-refractivity contribution is 6.10. The van der Waals surface area contributed by atoms with Gasteiger partial charge in [0.05, 0.1) is 5.71 Å². The summed E-state index contributed by atoms with van der Waals surface area (Å²) < 4.78 is 5.98. The van der Waals surface area contributed by atoms with Crippen molar-refractivity contribution in [2.24, 2.45) is 10.9 Å². The summed E-state index contributed by atoms with van der Waals surface area (Å²) in [6, 6.07) is 16.7. The Morgan fingerprint density at radius 1 is 1.08 bits per heavy atom. The van der Waals surface area contributed by atoms with Crippen LogP contribution in [-0.2, 0) is 13.0 Å². The molecule has 0 N–H and O–H groups in total. The van der Waals surface area contributed by atoms with Gasteiger partial charge in [0.1, 0.15) is 12.4 Å². The lowest BCUT2D eigenvalue weighted by Gasteiger charge is -2.18. The van der Waals surface area contributed by atoms with E-state index in [0.29, 0.717) is 12.5 Å². The minimum atomic E-state index is 0.607. The highest BCUT2D eigenvalue weighted by atomic mass is 16.5. The Morgan fingerprint density at radius 2 is 2.00 bits per heavy atom. The summed E-state index contributed by atoms with van der Waals surface area (Å²) in [5.41, 5.74) is 4.91. The van der Waals surface area contributed by atoms with E-state index in [-0.39, 0.29) is 0 Å². The van der Waals surface area contributed by atoms with E-state index in [1.165, 1.54) is 29.5 Å². The van der Waals surface area contributed by atoms with Gasteiger partial charge in [-0.15, -0.1) is 0 Å². The van der Waals surface area contributed by atoms with Crippen LogP contribution < -0.4 is 4.74 Å². The number of ether oxygens (including phenoxy) is 1. The van der Waals surface area contributed by atoms with E-state index >= 15 is 0 Å². The Kier molecular flexibility index (Phi) is 5.30. The van der Waals surface area contributed by atoms with Gasteiger partial charge < -0.3 is 4.74 Å². The van der Waals surface area contributed by atoms with Gasteiger partial charge in [0.25, 0.3) is 0 Å². The standard InChI is InChI=1S/C24H25NO/c1-3-7-19(8-4-1)11-14-24-23-13-12-22(17-21(23)15-16-25-24)26-18-20-9-5-2-6-10-20/h1-3,5-6,9-14,17,19H,4,7-8,15-16,18H2. The molecule has 1 atom stereocenters. The highest BCUT2D eigenvalue weighted by Gasteiger charge is 2.14. The van der Waals surface area contributed by atoms with Gasteiger partial charge in [-0.3, -0.25) is 4.99 Å². The fourth-order valence-corrected chi connectivity index (χ4v) is 3.60. The predicted molar refractivity (Wildman–Crippen MR) is 108 cm³/mol. The first kappa shape index (κ1) is 16.8. The van der Waals surface area contributed by atoms with Crippen molar-refractivity contribution in [3.63, 3.8) is 0 Å². The number of benzene rings is 2. The summed E-state index contributed by atoms with van der Waals surface area (Å²) in [5, 5.41) is 0. The molecule has 1 aliphatic heterocycles.